The van der Waals surface area contributed by atoms with Crippen LogP contribution < -0.4 is 26.1 Å². The number of aromatic amines is 1. The molecule has 220 valence electrons. The molecular weight excluding hydrogens is 555 g/mol. The number of pyridine rings is 1. The van der Waals surface area contributed by atoms with Crippen molar-refractivity contribution >= 4 is 39.9 Å². The number of halogens is 3. The fraction of sp³-hybridized carbons (Fsp3) is 0.286. The van der Waals surface area contributed by atoms with Crippen LogP contribution in [0.15, 0.2) is 65.8 Å². The lowest BCUT2D eigenvalue weighted by atomic mass is 10.1. The van der Waals surface area contributed by atoms with E-state index in [1.807, 2.05) is 0 Å². The minimum absolute atomic E-state index is 0.0420. The molecule has 1 fully saturated rings. The van der Waals surface area contributed by atoms with Gasteiger partial charge in [0.25, 0.3) is 0 Å². The molecule has 0 aliphatic carbocycles. The molecule has 4 aromatic rings. The Bertz CT molecular complexity index is 1580. The Balaban J connectivity index is 1.18. The number of amides is 2. The van der Waals surface area contributed by atoms with Gasteiger partial charge in [-0.15, -0.1) is 0 Å². The van der Waals surface area contributed by atoms with Gasteiger partial charge >= 0.3 is 12.2 Å². The van der Waals surface area contributed by atoms with E-state index in [-0.39, 0.29) is 23.5 Å². The standard InChI is InChI=1S/C28H28F3N7O4/c29-28(30,31)21-16-20(6-7-23(21)42-13-1-10-38-11-14-41-15-12-38)37-27(40)36-19-4-2-18(3-5-19)35-26-24-22(39)8-9-32-25(24)33-17-34-26/h2-9,16-17H,1,10-15H2,(H2,36,37,40)(H2,32,33,34,35,39). The topological polar surface area (TPSA) is 133 Å². The number of H-pyrrole nitrogens is 1. The maximum absolute atomic E-state index is 13.8. The molecule has 4 N–H and O–H groups in total. The lowest BCUT2D eigenvalue weighted by Crippen LogP contribution is -2.37. The Hall–Kier alpha value is -4.69. The summed E-state index contributed by atoms with van der Waals surface area (Å²) < 4.78 is 52.0. The maximum Gasteiger partial charge on any atom is 0.420 e. The molecule has 0 unspecified atom stereocenters. The lowest BCUT2D eigenvalue weighted by molar-refractivity contribution is -0.138. The Labute approximate surface area is 238 Å². The number of morpholine rings is 1. The Kier molecular flexibility index (Phi) is 8.83. The third-order valence-electron chi connectivity index (χ3n) is 6.48. The van der Waals surface area contributed by atoms with Gasteiger partial charge in [-0.1, -0.05) is 0 Å². The summed E-state index contributed by atoms with van der Waals surface area (Å²) in [4.78, 5) is 38.0. The number of rotatable bonds is 9. The molecule has 14 heteroatoms. The summed E-state index contributed by atoms with van der Waals surface area (Å²) >= 11 is 0. The summed E-state index contributed by atoms with van der Waals surface area (Å²) in [6.07, 6.45) is -1.29. The predicted molar refractivity (Wildman–Crippen MR) is 151 cm³/mol. The van der Waals surface area contributed by atoms with Crippen molar-refractivity contribution in [2.24, 2.45) is 0 Å². The van der Waals surface area contributed by atoms with Crippen LogP contribution in [0.25, 0.3) is 11.0 Å². The van der Waals surface area contributed by atoms with Gasteiger partial charge in [0.1, 0.15) is 28.9 Å². The summed E-state index contributed by atoms with van der Waals surface area (Å²) in [6.45, 7) is 3.71. The molecule has 1 aliphatic rings. The van der Waals surface area contributed by atoms with Gasteiger partial charge in [0, 0.05) is 49.0 Å². The minimum Gasteiger partial charge on any atom is -0.493 e. The zero-order valence-corrected chi connectivity index (χ0v) is 22.3. The first kappa shape index (κ1) is 28.8. The van der Waals surface area contributed by atoms with Crippen LogP contribution in [-0.4, -0.2) is 65.3 Å². The van der Waals surface area contributed by atoms with Crippen molar-refractivity contribution in [3.05, 3.63) is 76.8 Å². The van der Waals surface area contributed by atoms with E-state index in [1.54, 1.807) is 24.3 Å². The van der Waals surface area contributed by atoms with E-state index in [2.05, 4.69) is 35.8 Å². The van der Waals surface area contributed by atoms with Crippen LogP contribution in [0.1, 0.15) is 12.0 Å². The first-order chi connectivity index (χ1) is 20.3. The van der Waals surface area contributed by atoms with Crippen molar-refractivity contribution in [2.45, 2.75) is 12.6 Å². The Morgan fingerprint density at radius 3 is 2.48 bits per heavy atom. The molecule has 0 saturated carbocycles. The molecule has 0 spiro atoms. The molecule has 1 aliphatic heterocycles. The van der Waals surface area contributed by atoms with Crippen LogP contribution in [0.2, 0.25) is 0 Å². The molecule has 0 bridgehead atoms. The third-order valence-corrected chi connectivity index (χ3v) is 6.48. The molecule has 11 nitrogen and oxygen atoms in total. The van der Waals surface area contributed by atoms with Crippen LogP contribution in [0, 0.1) is 0 Å². The predicted octanol–water partition coefficient (Wildman–Crippen LogP) is 4.83. The Morgan fingerprint density at radius 2 is 1.71 bits per heavy atom. The lowest BCUT2D eigenvalue weighted by Gasteiger charge is -2.26. The number of carbonyl (C=O) groups is 1. The zero-order chi connectivity index (χ0) is 29.5. The molecule has 2 amide bonds. The van der Waals surface area contributed by atoms with Crippen molar-refractivity contribution in [1.29, 1.82) is 0 Å². The van der Waals surface area contributed by atoms with Gasteiger partial charge in [0.05, 0.1) is 25.4 Å². The molecule has 0 atom stereocenters. The minimum atomic E-state index is -4.67. The monoisotopic (exact) mass is 583 g/mol. The summed E-state index contributed by atoms with van der Waals surface area (Å²) in [5.41, 5.74) is 0.0861. The van der Waals surface area contributed by atoms with Gasteiger partial charge in [-0.25, -0.2) is 14.8 Å². The summed E-state index contributed by atoms with van der Waals surface area (Å²) in [6, 6.07) is 10.5. The largest absolute Gasteiger partial charge is 0.493 e. The van der Waals surface area contributed by atoms with Crippen LogP contribution in [0.3, 0.4) is 0 Å². The van der Waals surface area contributed by atoms with E-state index in [4.69, 9.17) is 9.47 Å². The van der Waals surface area contributed by atoms with E-state index in [0.29, 0.717) is 54.4 Å². The van der Waals surface area contributed by atoms with Crippen LogP contribution in [0.4, 0.5) is 40.8 Å². The SMILES string of the molecule is O=C(Nc1ccc(Nc2ncnc3[nH]ccc(=O)c23)cc1)Nc1ccc(OCCCN2CCOCC2)c(C(F)(F)F)c1. The number of benzene rings is 2. The molecule has 42 heavy (non-hydrogen) atoms. The number of nitrogens with one attached hydrogen (secondary N) is 4. The number of anilines is 4. The summed E-state index contributed by atoms with van der Waals surface area (Å²) in [5.74, 6) is 0.0160. The van der Waals surface area contributed by atoms with Crippen molar-refractivity contribution < 1.29 is 27.4 Å². The van der Waals surface area contributed by atoms with Gasteiger partial charge in [-0.05, 0) is 48.9 Å². The number of aromatic nitrogens is 3. The van der Waals surface area contributed by atoms with E-state index in [9.17, 15) is 22.8 Å². The van der Waals surface area contributed by atoms with Crippen LogP contribution in [0.5, 0.6) is 5.75 Å². The second kappa shape index (κ2) is 12.9. The fourth-order valence-corrected chi connectivity index (χ4v) is 4.42. The highest BCUT2D eigenvalue weighted by Crippen LogP contribution is 2.38. The molecule has 0 radical (unpaired) electrons. The first-order valence-electron chi connectivity index (χ1n) is 13.2. The average molecular weight is 584 g/mol. The number of fused-ring (bicyclic) bond motifs is 1. The third kappa shape index (κ3) is 7.33. The van der Waals surface area contributed by atoms with Crippen molar-refractivity contribution in [3.8, 4) is 5.75 Å². The molecule has 3 heterocycles. The number of nitrogens with zero attached hydrogens (tertiary/aromatic N) is 3. The van der Waals surface area contributed by atoms with Gasteiger partial charge in [-0.3, -0.25) is 9.69 Å². The molecule has 1 saturated heterocycles. The van der Waals surface area contributed by atoms with Crippen LogP contribution >= 0.6 is 0 Å². The Morgan fingerprint density at radius 1 is 1.00 bits per heavy atom. The quantitative estimate of drug-likeness (QED) is 0.206. The summed E-state index contributed by atoms with van der Waals surface area (Å²) in [7, 11) is 0. The number of carbonyl (C=O) groups excluding carboxylic acids is 1. The highest BCUT2D eigenvalue weighted by molar-refractivity contribution is 6.00. The van der Waals surface area contributed by atoms with Gasteiger partial charge < -0.3 is 30.4 Å². The molecule has 2 aromatic carbocycles. The molecule has 2 aromatic heterocycles. The maximum atomic E-state index is 13.8. The number of hydrogen-bond acceptors (Lipinski definition) is 8. The highest BCUT2D eigenvalue weighted by atomic mass is 19.4. The molecule has 5 rings (SSSR count). The zero-order valence-electron chi connectivity index (χ0n) is 22.3. The number of ether oxygens (including phenoxy) is 2. The highest BCUT2D eigenvalue weighted by Gasteiger charge is 2.35. The van der Waals surface area contributed by atoms with Gasteiger partial charge in [0.15, 0.2) is 5.43 Å². The van der Waals surface area contributed by atoms with Crippen molar-refractivity contribution in [3.63, 3.8) is 0 Å². The van der Waals surface area contributed by atoms with Gasteiger partial charge in [0.2, 0.25) is 0 Å². The smallest absolute Gasteiger partial charge is 0.420 e. The number of hydrogen-bond donors (Lipinski definition) is 4. The number of urea groups is 1. The summed E-state index contributed by atoms with van der Waals surface area (Å²) in [5, 5.41) is 8.35. The first-order valence-corrected chi connectivity index (χ1v) is 13.2. The van der Waals surface area contributed by atoms with Crippen LogP contribution in [-0.2, 0) is 10.9 Å². The normalized spacial score (nSPS) is 14.0. The second-order valence-corrected chi connectivity index (χ2v) is 9.43. The molecular formula is C28H28F3N7O4. The second-order valence-electron chi connectivity index (χ2n) is 9.43. The average Bonchev–Trinajstić information content (AvgIpc) is 2.97. The number of alkyl halides is 3. The van der Waals surface area contributed by atoms with E-state index >= 15 is 0 Å². The fourth-order valence-electron chi connectivity index (χ4n) is 4.42. The van der Waals surface area contributed by atoms with Crippen molar-refractivity contribution in [2.75, 3.05) is 55.4 Å². The van der Waals surface area contributed by atoms with E-state index in [0.717, 1.165) is 19.2 Å². The van der Waals surface area contributed by atoms with Gasteiger partial charge in [-0.2, -0.15) is 13.2 Å². The van der Waals surface area contributed by atoms with E-state index in [1.165, 1.54) is 30.7 Å². The van der Waals surface area contributed by atoms with E-state index < -0.39 is 17.8 Å². The van der Waals surface area contributed by atoms with Crippen molar-refractivity contribution in [1.82, 2.24) is 19.9 Å².